The minimum Gasteiger partial charge on any atom is -0.493 e. The molecule has 1 fully saturated rings. The molecule has 7 nitrogen and oxygen atoms in total. The van der Waals surface area contributed by atoms with Crippen LogP contribution in [0.1, 0.15) is 37.5 Å². The number of hydrogen-bond acceptors (Lipinski definition) is 6. The lowest BCUT2D eigenvalue weighted by Gasteiger charge is -2.39. The van der Waals surface area contributed by atoms with Gasteiger partial charge in [-0.05, 0) is 38.0 Å². The number of aliphatic hydroxyl groups excluding tert-OH is 1. The molecule has 196 valence electrons. The highest BCUT2D eigenvalue weighted by molar-refractivity contribution is 5.68. The minimum absolute atomic E-state index is 0.106. The van der Waals surface area contributed by atoms with Crippen molar-refractivity contribution in [3.05, 3.63) is 95.6 Å². The monoisotopic (exact) mass is 505 g/mol. The van der Waals surface area contributed by atoms with Crippen molar-refractivity contribution < 1.29 is 28.8 Å². The summed E-state index contributed by atoms with van der Waals surface area (Å²) in [4.78, 5) is 14.3. The summed E-state index contributed by atoms with van der Waals surface area (Å²) in [5.74, 6) is 1.08. The van der Waals surface area contributed by atoms with E-state index in [-0.39, 0.29) is 13.1 Å². The quantitative estimate of drug-likeness (QED) is 0.456. The van der Waals surface area contributed by atoms with E-state index in [1.165, 1.54) is 4.90 Å². The number of carbonyl (C=O) groups is 1. The SMILES string of the molecule is COc1cccc(C(OC2CN(C(=O)OC(C)(C)C)CC2O)(c2ccccc2)c2ccccc2)c1OC. The van der Waals surface area contributed by atoms with E-state index in [1.54, 1.807) is 14.2 Å². The molecule has 0 bridgehead atoms. The van der Waals surface area contributed by atoms with E-state index in [0.29, 0.717) is 11.5 Å². The largest absolute Gasteiger partial charge is 0.493 e. The molecule has 1 N–H and O–H groups in total. The first-order chi connectivity index (χ1) is 17.7. The predicted molar refractivity (Wildman–Crippen MR) is 141 cm³/mol. The maximum Gasteiger partial charge on any atom is 0.410 e. The van der Waals surface area contributed by atoms with Crippen molar-refractivity contribution in [2.24, 2.45) is 0 Å². The van der Waals surface area contributed by atoms with Gasteiger partial charge in [-0.2, -0.15) is 0 Å². The summed E-state index contributed by atoms with van der Waals surface area (Å²) >= 11 is 0. The van der Waals surface area contributed by atoms with E-state index in [2.05, 4.69) is 0 Å². The zero-order valence-electron chi connectivity index (χ0n) is 22.0. The summed E-state index contributed by atoms with van der Waals surface area (Å²) in [6.07, 6.45) is -2.11. The third kappa shape index (κ3) is 5.43. The van der Waals surface area contributed by atoms with Crippen LogP contribution in [0.25, 0.3) is 0 Å². The third-order valence-electron chi connectivity index (χ3n) is 6.36. The highest BCUT2D eigenvalue weighted by Crippen LogP contribution is 2.48. The molecule has 3 aromatic carbocycles. The number of β-amino-alcohol motifs (C(OH)–C–C–N with tert-alkyl or cyclic N) is 1. The van der Waals surface area contributed by atoms with Gasteiger partial charge >= 0.3 is 6.09 Å². The van der Waals surface area contributed by atoms with E-state index in [9.17, 15) is 9.90 Å². The number of para-hydroxylation sites is 1. The van der Waals surface area contributed by atoms with E-state index in [0.717, 1.165) is 16.7 Å². The van der Waals surface area contributed by atoms with Gasteiger partial charge in [0.25, 0.3) is 0 Å². The Hall–Kier alpha value is -3.55. The molecule has 0 spiro atoms. The molecule has 0 radical (unpaired) electrons. The van der Waals surface area contributed by atoms with Gasteiger partial charge in [0.15, 0.2) is 11.5 Å². The van der Waals surface area contributed by atoms with E-state index in [1.807, 2.05) is 99.6 Å². The molecule has 1 heterocycles. The fourth-order valence-electron chi connectivity index (χ4n) is 4.76. The normalized spacial score (nSPS) is 17.9. The molecule has 0 saturated carbocycles. The van der Waals surface area contributed by atoms with Gasteiger partial charge in [0.2, 0.25) is 0 Å². The highest BCUT2D eigenvalue weighted by atomic mass is 16.6. The molecule has 7 heteroatoms. The predicted octanol–water partition coefficient (Wildman–Crippen LogP) is 4.99. The van der Waals surface area contributed by atoms with E-state index in [4.69, 9.17) is 18.9 Å². The summed E-state index contributed by atoms with van der Waals surface area (Å²) in [5.41, 5.74) is 0.575. The molecule has 1 aliphatic rings. The van der Waals surface area contributed by atoms with Crippen LogP contribution in [0.5, 0.6) is 11.5 Å². The lowest BCUT2D eigenvalue weighted by atomic mass is 9.79. The summed E-state index contributed by atoms with van der Waals surface area (Å²) in [6, 6.07) is 25.3. The summed E-state index contributed by atoms with van der Waals surface area (Å²) < 4.78 is 24.0. The smallest absolute Gasteiger partial charge is 0.410 e. The number of ether oxygens (including phenoxy) is 4. The first-order valence-corrected chi connectivity index (χ1v) is 12.4. The topological polar surface area (TPSA) is 77.5 Å². The van der Waals surface area contributed by atoms with Crippen molar-refractivity contribution in [2.75, 3.05) is 27.3 Å². The Labute approximate surface area is 218 Å². The number of hydrogen-bond donors (Lipinski definition) is 1. The van der Waals surface area contributed by atoms with Crippen LogP contribution in [-0.2, 0) is 15.1 Å². The first kappa shape index (κ1) is 26.5. The van der Waals surface area contributed by atoms with Gasteiger partial charge in [-0.15, -0.1) is 0 Å². The van der Waals surface area contributed by atoms with Crippen molar-refractivity contribution >= 4 is 6.09 Å². The average molecular weight is 506 g/mol. The second-order valence-electron chi connectivity index (χ2n) is 10.1. The van der Waals surface area contributed by atoms with Crippen LogP contribution in [0, 0.1) is 0 Å². The van der Waals surface area contributed by atoms with Gasteiger partial charge < -0.3 is 29.0 Å². The first-order valence-electron chi connectivity index (χ1n) is 12.4. The Kier molecular flexibility index (Phi) is 7.76. The molecular weight excluding hydrogens is 470 g/mol. The van der Waals surface area contributed by atoms with Crippen LogP contribution < -0.4 is 9.47 Å². The number of likely N-dealkylation sites (tertiary alicyclic amines) is 1. The van der Waals surface area contributed by atoms with Crippen molar-refractivity contribution in [1.29, 1.82) is 0 Å². The highest BCUT2D eigenvalue weighted by Gasteiger charge is 2.47. The van der Waals surface area contributed by atoms with Gasteiger partial charge in [0.05, 0.1) is 33.4 Å². The van der Waals surface area contributed by atoms with Crippen LogP contribution in [0.4, 0.5) is 4.79 Å². The number of amides is 1. The number of nitrogens with zero attached hydrogens (tertiary/aromatic N) is 1. The van der Waals surface area contributed by atoms with E-state index < -0.39 is 29.5 Å². The number of aliphatic hydroxyl groups is 1. The van der Waals surface area contributed by atoms with Gasteiger partial charge in [0, 0.05) is 5.56 Å². The number of rotatable bonds is 7. The minimum atomic E-state index is -1.18. The van der Waals surface area contributed by atoms with Crippen LogP contribution in [0.2, 0.25) is 0 Å². The Morgan fingerprint density at radius 2 is 1.43 bits per heavy atom. The van der Waals surface area contributed by atoms with Crippen LogP contribution in [-0.4, -0.2) is 61.2 Å². The van der Waals surface area contributed by atoms with Crippen LogP contribution >= 0.6 is 0 Å². The Morgan fingerprint density at radius 3 is 1.95 bits per heavy atom. The molecular formula is C30H35NO6. The van der Waals surface area contributed by atoms with Crippen LogP contribution in [0.15, 0.2) is 78.9 Å². The Balaban J connectivity index is 1.87. The number of methoxy groups -OCH3 is 2. The fraction of sp³-hybridized carbons (Fsp3) is 0.367. The van der Waals surface area contributed by atoms with Crippen molar-refractivity contribution in [1.82, 2.24) is 4.90 Å². The van der Waals surface area contributed by atoms with E-state index >= 15 is 0 Å². The van der Waals surface area contributed by atoms with Gasteiger partial charge in [0.1, 0.15) is 17.3 Å². The molecule has 3 aromatic rings. The zero-order chi connectivity index (χ0) is 26.6. The van der Waals surface area contributed by atoms with Gasteiger partial charge in [-0.1, -0.05) is 72.8 Å². The molecule has 37 heavy (non-hydrogen) atoms. The molecule has 0 aliphatic carbocycles. The zero-order valence-corrected chi connectivity index (χ0v) is 22.0. The second-order valence-corrected chi connectivity index (χ2v) is 10.1. The molecule has 2 atom stereocenters. The second kappa shape index (κ2) is 10.8. The van der Waals surface area contributed by atoms with Crippen molar-refractivity contribution in [3.63, 3.8) is 0 Å². The molecule has 1 saturated heterocycles. The fourth-order valence-corrected chi connectivity index (χ4v) is 4.76. The molecule has 1 aliphatic heterocycles. The molecule has 1 amide bonds. The Morgan fingerprint density at radius 1 is 0.838 bits per heavy atom. The molecule has 2 unspecified atom stereocenters. The standard InChI is InChI=1S/C30H35NO6/c1-29(2,3)37-28(33)31-19-24(32)26(20-31)36-30(21-13-8-6-9-14-21,22-15-10-7-11-16-22)23-17-12-18-25(34-4)27(23)35-5/h6-18,24,26,32H,19-20H2,1-5H3. The summed E-state index contributed by atoms with van der Waals surface area (Å²) in [5, 5.41) is 11.1. The number of benzene rings is 3. The van der Waals surface area contributed by atoms with Crippen LogP contribution in [0.3, 0.4) is 0 Å². The van der Waals surface area contributed by atoms with Gasteiger partial charge in [-0.3, -0.25) is 0 Å². The molecule has 0 aromatic heterocycles. The Bertz CT molecular complexity index is 1150. The third-order valence-corrected chi connectivity index (χ3v) is 6.36. The summed E-state index contributed by atoms with van der Waals surface area (Å²) in [7, 11) is 3.19. The maximum atomic E-state index is 12.8. The maximum absolute atomic E-state index is 12.8. The number of carbonyl (C=O) groups excluding carboxylic acids is 1. The van der Waals surface area contributed by atoms with Crippen molar-refractivity contribution in [3.8, 4) is 11.5 Å². The lowest BCUT2D eigenvalue weighted by molar-refractivity contribution is -0.0824. The lowest BCUT2D eigenvalue weighted by Crippen LogP contribution is -2.42. The average Bonchev–Trinajstić information content (AvgIpc) is 3.26. The van der Waals surface area contributed by atoms with Gasteiger partial charge in [-0.25, -0.2) is 4.79 Å². The van der Waals surface area contributed by atoms with Crippen molar-refractivity contribution in [2.45, 2.75) is 44.2 Å². The summed E-state index contributed by atoms with van der Waals surface area (Å²) in [6.45, 7) is 5.72. The molecule has 4 rings (SSSR count).